The van der Waals surface area contributed by atoms with Crippen LogP contribution in [0.3, 0.4) is 0 Å². The van der Waals surface area contributed by atoms with Crippen molar-refractivity contribution in [1.82, 2.24) is 0 Å². The molecule has 94 valence electrons. The maximum Gasteiger partial charge on any atom is 0.129 e. The summed E-state index contributed by atoms with van der Waals surface area (Å²) in [7, 11) is 0. The molecule has 0 aliphatic carbocycles. The highest BCUT2D eigenvalue weighted by Crippen LogP contribution is 2.25. The van der Waals surface area contributed by atoms with Crippen molar-refractivity contribution in [3.63, 3.8) is 0 Å². The van der Waals surface area contributed by atoms with Crippen molar-refractivity contribution in [3.05, 3.63) is 34.6 Å². The molecule has 1 aliphatic rings. The Kier molecular flexibility index (Phi) is 3.76. The lowest BCUT2D eigenvalue weighted by Gasteiger charge is -2.27. The maximum absolute atomic E-state index is 13.5. The lowest BCUT2D eigenvalue weighted by Crippen LogP contribution is -2.33. The first-order valence-electron chi connectivity index (χ1n) is 5.73. The fraction of sp³-hybridized carbons (Fsp3) is 0.538. The summed E-state index contributed by atoms with van der Waals surface area (Å²) >= 11 is 0. The van der Waals surface area contributed by atoms with E-state index in [2.05, 4.69) is 0 Å². The minimum Gasteiger partial charge on any atom is -0.386 e. The van der Waals surface area contributed by atoms with Crippen molar-refractivity contribution in [2.75, 3.05) is 19.8 Å². The van der Waals surface area contributed by atoms with E-state index in [1.165, 1.54) is 0 Å². The molecule has 0 saturated carbocycles. The van der Waals surface area contributed by atoms with Crippen LogP contribution in [-0.2, 0) is 9.47 Å². The Balaban J connectivity index is 2.21. The van der Waals surface area contributed by atoms with Gasteiger partial charge in [-0.25, -0.2) is 4.39 Å². The van der Waals surface area contributed by atoms with Gasteiger partial charge in [-0.1, -0.05) is 12.1 Å². The van der Waals surface area contributed by atoms with Crippen LogP contribution in [0.1, 0.15) is 22.8 Å². The second kappa shape index (κ2) is 5.12. The van der Waals surface area contributed by atoms with E-state index in [0.717, 1.165) is 0 Å². The van der Waals surface area contributed by atoms with Crippen molar-refractivity contribution in [2.45, 2.75) is 26.1 Å². The van der Waals surface area contributed by atoms with Crippen LogP contribution in [0.15, 0.2) is 12.1 Å². The Bertz CT molecular complexity index is 377. The maximum atomic E-state index is 13.5. The van der Waals surface area contributed by atoms with Crippen molar-refractivity contribution in [1.29, 1.82) is 0 Å². The van der Waals surface area contributed by atoms with Gasteiger partial charge in [0, 0.05) is 0 Å². The number of halogens is 1. The van der Waals surface area contributed by atoms with E-state index in [9.17, 15) is 9.50 Å². The fourth-order valence-electron chi connectivity index (χ4n) is 2.05. The van der Waals surface area contributed by atoms with Crippen molar-refractivity contribution in [2.24, 2.45) is 0 Å². The zero-order valence-corrected chi connectivity index (χ0v) is 10.1. The SMILES string of the molecule is Cc1cc(C(O)C2COCCO2)cc(C)c1F. The predicted octanol–water partition coefficient (Wildman–Crippen LogP) is 1.89. The van der Waals surface area contributed by atoms with Crippen LogP contribution in [0, 0.1) is 19.7 Å². The number of aryl methyl sites for hydroxylation is 2. The third-order valence-electron chi connectivity index (χ3n) is 2.99. The summed E-state index contributed by atoms with van der Waals surface area (Å²) in [5.74, 6) is -0.221. The van der Waals surface area contributed by atoms with Gasteiger partial charge >= 0.3 is 0 Å². The zero-order valence-electron chi connectivity index (χ0n) is 10.1. The van der Waals surface area contributed by atoms with Gasteiger partial charge in [0.05, 0.1) is 19.8 Å². The number of aliphatic hydroxyl groups excluding tert-OH is 1. The van der Waals surface area contributed by atoms with E-state index in [4.69, 9.17) is 9.47 Å². The van der Waals surface area contributed by atoms with E-state index in [1.54, 1.807) is 26.0 Å². The van der Waals surface area contributed by atoms with E-state index >= 15 is 0 Å². The molecule has 1 N–H and O–H groups in total. The van der Waals surface area contributed by atoms with Gasteiger partial charge in [0.1, 0.15) is 18.0 Å². The third kappa shape index (κ3) is 2.65. The molecule has 0 amide bonds. The van der Waals surface area contributed by atoms with Gasteiger partial charge in [-0.2, -0.15) is 0 Å². The molecule has 1 fully saturated rings. The number of rotatable bonds is 2. The molecule has 0 aromatic heterocycles. The van der Waals surface area contributed by atoms with Crippen LogP contribution in [0.25, 0.3) is 0 Å². The van der Waals surface area contributed by atoms with Gasteiger partial charge < -0.3 is 14.6 Å². The molecule has 1 aromatic rings. The van der Waals surface area contributed by atoms with Gasteiger partial charge in [0.15, 0.2) is 0 Å². The van der Waals surface area contributed by atoms with Gasteiger partial charge in [0.2, 0.25) is 0 Å². The summed E-state index contributed by atoms with van der Waals surface area (Å²) < 4.78 is 24.2. The van der Waals surface area contributed by atoms with Crippen LogP contribution in [0.5, 0.6) is 0 Å². The van der Waals surface area contributed by atoms with Crippen LogP contribution < -0.4 is 0 Å². The second-order valence-corrected chi connectivity index (χ2v) is 4.40. The first-order chi connectivity index (χ1) is 8.09. The summed E-state index contributed by atoms with van der Waals surface area (Å²) in [6.07, 6.45) is -1.14. The fourth-order valence-corrected chi connectivity index (χ4v) is 2.05. The number of ether oxygens (including phenoxy) is 2. The summed E-state index contributed by atoms with van der Waals surface area (Å²) in [4.78, 5) is 0. The van der Waals surface area contributed by atoms with E-state index in [1.807, 2.05) is 0 Å². The molecule has 4 heteroatoms. The average molecular weight is 240 g/mol. The molecular weight excluding hydrogens is 223 g/mol. The van der Waals surface area contributed by atoms with Crippen LogP contribution in [0.2, 0.25) is 0 Å². The van der Waals surface area contributed by atoms with Gasteiger partial charge in [0.25, 0.3) is 0 Å². The molecule has 2 rings (SSSR count). The van der Waals surface area contributed by atoms with Crippen LogP contribution >= 0.6 is 0 Å². The third-order valence-corrected chi connectivity index (χ3v) is 2.99. The molecule has 1 aliphatic heterocycles. The molecule has 2 unspecified atom stereocenters. The van der Waals surface area contributed by atoms with Crippen LogP contribution in [0.4, 0.5) is 4.39 Å². The Labute approximate surface area is 100 Å². The minimum absolute atomic E-state index is 0.221. The number of hydrogen-bond donors (Lipinski definition) is 1. The second-order valence-electron chi connectivity index (χ2n) is 4.40. The molecule has 1 heterocycles. The number of benzene rings is 1. The molecule has 0 bridgehead atoms. The van der Waals surface area contributed by atoms with Crippen molar-refractivity contribution >= 4 is 0 Å². The summed E-state index contributed by atoms with van der Waals surface area (Å²) in [5.41, 5.74) is 1.75. The smallest absolute Gasteiger partial charge is 0.129 e. The Morgan fingerprint density at radius 1 is 1.29 bits per heavy atom. The molecule has 1 saturated heterocycles. The quantitative estimate of drug-likeness (QED) is 0.858. The molecule has 1 aromatic carbocycles. The largest absolute Gasteiger partial charge is 0.386 e. The lowest BCUT2D eigenvalue weighted by molar-refractivity contribution is -0.133. The lowest BCUT2D eigenvalue weighted by atomic mass is 9.99. The van der Waals surface area contributed by atoms with Crippen molar-refractivity contribution < 1.29 is 19.0 Å². The summed E-state index contributed by atoms with van der Waals surface area (Å²) in [6, 6.07) is 3.32. The minimum atomic E-state index is -0.770. The average Bonchev–Trinajstić information content (AvgIpc) is 2.35. The molecule has 0 radical (unpaired) electrons. The Hall–Kier alpha value is -0.970. The molecule has 3 nitrogen and oxygen atoms in total. The highest BCUT2D eigenvalue weighted by Gasteiger charge is 2.25. The van der Waals surface area contributed by atoms with E-state index in [-0.39, 0.29) is 11.9 Å². The van der Waals surface area contributed by atoms with Crippen molar-refractivity contribution in [3.8, 4) is 0 Å². The van der Waals surface area contributed by atoms with Gasteiger partial charge in [-0.15, -0.1) is 0 Å². The van der Waals surface area contributed by atoms with Gasteiger partial charge in [-0.3, -0.25) is 0 Å². The zero-order chi connectivity index (χ0) is 12.4. The molecule has 2 atom stereocenters. The highest BCUT2D eigenvalue weighted by atomic mass is 19.1. The van der Waals surface area contributed by atoms with E-state index < -0.39 is 6.10 Å². The van der Waals surface area contributed by atoms with Gasteiger partial charge in [-0.05, 0) is 30.5 Å². The first kappa shape index (κ1) is 12.5. The summed E-state index contributed by atoms with van der Waals surface area (Å²) in [6.45, 7) is 4.80. The molecular formula is C13H17FO3. The normalized spacial score (nSPS) is 22.5. The summed E-state index contributed by atoms with van der Waals surface area (Å²) in [5, 5.41) is 10.2. The molecule has 0 spiro atoms. The molecule has 17 heavy (non-hydrogen) atoms. The highest BCUT2D eigenvalue weighted by molar-refractivity contribution is 5.32. The topological polar surface area (TPSA) is 38.7 Å². The number of hydrogen-bond acceptors (Lipinski definition) is 3. The van der Waals surface area contributed by atoms with Crippen LogP contribution in [-0.4, -0.2) is 31.0 Å². The Morgan fingerprint density at radius 2 is 1.94 bits per heavy atom. The number of aliphatic hydroxyl groups is 1. The monoisotopic (exact) mass is 240 g/mol. The Morgan fingerprint density at radius 3 is 2.47 bits per heavy atom. The predicted molar refractivity (Wildman–Crippen MR) is 61.4 cm³/mol. The first-order valence-corrected chi connectivity index (χ1v) is 5.73. The van der Waals surface area contributed by atoms with E-state index in [0.29, 0.717) is 36.5 Å². The standard InChI is InChI=1S/C13H17FO3/c1-8-5-10(6-9(2)12(8)14)13(15)11-7-16-3-4-17-11/h5-6,11,13,15H,3-4,7H2,1-2H3.